The summed E-state index contributed by atoms with van der Waals surface area (Å²) in [5.74, 6) is 1.53. The Balaban J connectivity index is 2.27. The van der Waals surface area contributed by atoms with Crippen molar-refractivity contribution in [3.8, 4) is 5.75 Å². The van der Waals surface area contributed by atoms with E-state index < -0.39 is 0 Å². The van der Waals surface area contributed by atoms with E-state index >= 15 is 0 Å². The summed E-state index contributed by atoms with van der Waals surface area (Å²) in [6.45, 7) is 2.68. The van der Waals surface area contributed by atoms with Crippen LogP contribution in [-0.4, -0.2) is 16.4 Å². The zero-order valence-electron chi connectivity index (χ0n) is 7.50. The minimum Gasteiger partial charge on any atom is -0.490 e. The van der Waals surface area contributed by atoms with Crippen LogP contribution in [-0.2, 0) is 7.05 Å². The summed E-state index contributed by atoms with van der Waals surface area (Å²) >= 11 is 0. The summed E-state index contributed by atoms with van der Waals surface area (Å²) in [5.41, 5.74) is 1.22. The second kappa shape index (κ2) is 2.81. The molecule has 0 saturated heterocycles. The van der Waals surface area contributed by atoms with Gasteiger partial charge in [-0.05, 0) is 19.8 Å². The number of aromatic nitrogens is 2. The molecule has 0 atom stereocenters. The summed E-state index contributed by atoms with van der Waals surface area (Å²) in [6.07, 6.45) is 5.43. The Bertz CT molecular complexity index is 276. The van der Waals surface area contributed by atoms with E-state index in [0.717, 1.165) is 5.75 Å². The first-order valence-electron chi connectivity index (χ1n) is 4.40. The zero-order valence-corrected chi connectivity index (χ0v) is 7.50. The van der Waals surface area contributed by atoms with Crippen LogP contribution in [0.15, 0.2) is 0 Å². The number of nitrogens with zero attached hydrogens (tertiary/aromatic N) is 2. The van der Waals surface area contributed by atoms with Crippen LogP contribution >= 0.6 is 0 Å². The standard InChI is InChI=1S/C9H13N2O/c1-3-12-8-6-10-11(2)9(8)7-4-5-7/h7H,3-5H2,1-2H3. The first kappa shape index (κ1) is 7.65. The van der Waals surface area contributed by atoms with Gasteiger partial charge in [0.25, 0.3) is 0 Å². The molecule has 1 saturated carbocycles. The molecule has 1 aromatic heterocycles. The van der Waals surface area contributed by atoms with Gasteiger partial charge in [0.2, 0.25) is 0 Å². The van der Waals surface area contributed by atoms with Crippen LogP contribution < -0.4 is 4.74 Å². The molecular formula is C9H13N2O. The molecule has 0 amide bonds. The van der Waals surface area contributed by atoms with Crippen molar-refractivity contribution < 1.29 is 4.74 Å². The predicted octanol–water partition coefficient (Wildman–Crippen LogP) is 1.50. The normalized spacial score (nSPS) is 16.5. The van der Waals surface area contributed by atoms with Gasteiger partial charge in [-0.3, -0.25) is 4.68 Å². The summed E-state index contributed by atoms with van der Waals surface area (Å²) in [7, 11) is 1.95. The number of rotatable bonds is 3. The average Bonchev–Trinajstić information content (AvgIpc) is 2.80. The molecule has 0 N–H and O–H groups in total. The van der Waals surface area contributed by atoms with Crippen molar-refractivity contribution in [1.29, 1.82) is 0 Å². The molecule has 12 heavy (non-hydrogen) atoms. The maximum Gasteiger partial charge on any atom is 0.170 e. The van der Waals surface area contributed by atoms with Crippen molar-refractivity contribution in [1.82, 2.24) is 9.78 Å². The molecule has 0 aromatic carbocycles. The van der Waals surface area contributed by atoms with Crippen LogP contribution in [0.2, 0.25) is 0 Å². The summed E-state index contributed by atoms with van der Waals surface area (Å²) < 4.78 is 7.30. The fourth-order valence-corrected chi connectivity index (χ4v) is 1.44. The average molecular weight is 165 g/mol. The number of hydrogen-bond acceptors (Lipinski definition) is 2. The molecule has 1 radical (unpaired) electrons. The van der Waals surface area contributed by atoms with Crippen molar-refractivity contribution in [2.75, 3.05) is 6.61 Å². The monoisotopic (exact) mass is 165 g/mol. The predicted molar refractivity (Wildman–Crippen MR) is 45.2 cm³/mol. The van der Waals surface area contributed by atoms with E-state index in [1.54, 1.807) is 0 Å². The van der Waals surface area contributed by atoms with Gasteiger partial charge in [-0.2, -0.15) is 5.10 Å². The Morgan fingerprint density at radius 3 is 3.00 bits per heavy atom. The Hall–Kier alpha value is -0.990. The van der Waals surface area contributed by atoms with Gasteiger partial charge in [0.05, 0.1) is 12.3 Å². The van der Waals surface area contributed by atoms with E-state index in [-0.39, 0.29) is 0 Å². The molecule has 3 heteroatoms. The lowest BCUT2D eigenvalue weighted by Gasteiger charge is -2.03. The highest BCUT2D eigenvalue weighted by Crippen LogP contribution is 2.43. The molecule has 3 nitrogen and oxygen atoms in total. The maximum absolute atomic E-state index is 5.42. The topological polar surface area (TPSA) is 27.1 Å². The molecule has 1 fully saturated rings. The van der Waals surface area contributed by atoms with Gasteiger partial charge in [-0.1, -0.05) is 0 Å². The van der Waals surface area contributed by atoms with Gasteiger partial charge in [0.15, 0.2) is 11.9 Å². The third kappa shape index (κ3) is 1.19. The third-order valence-electron chi connectivity index (χ3n) is 2.14. The molecular weight excluding hydrogens is 152 g/mol. The van der Waals surface area contributed by atoms with E-state index in [1.807, 2.05) is 18.7 Å². The highest BCUT2D eigenvalue weighted by Gasteiger charge is 2.30. The molecule has 1 aliphatic rings. The first-order chi connectivity index (χ1) is 5.83. The highest BCUT2D eigenvalue weighted by atomic mass is 16.5. The molecule has 0 aliphatic heterocycles. The van der Waals surface area contributed by atoms with Gasteiger partial charge < -0.3 is 4.74 Å². The second-order valence-electron chi connectivity index (χ2n) is 3.16. The van der Waals surface area contributed by atoms with Gasteiger partial charge in [-0.25, -0.2) is 0 Å². The zero-order chi connectivity index (χ0) is 8.55. The fourth-order valence-electron chi connectivity index (χ4n) is 1.44. The minimum absolute atomic E-state index is 0.676. The lowest BCUT2D eigenvalue weighted by atomic mass is 10.3. The van der Waals surface area contributed by atoms with Gasteiger partial charge >= 0.3 is 0 Å². The minimum atomic E-state index is 0.676. The SMILES string of the molecule is CCOc1[c]nn(C)c1C1CC1. The fraction of sp³-hybridized carbons (Fsp3) is 0.667. The van der Waals surface area contributed by atoms with Gasteiger partial charge in [0.1, 0.15) is 0 Å². The van der Waals surface area contributed by atoms with E-state index in [1.165, 1.54) is 18.5 Å². The van der Waals surface area contributed by atoms with Crippen molar-refractivity contribution in [3.63, 3.8) is 0 Å². The van der Waals surface area contributed by atoms with E-state index in [9.17, 15) is 0 Å². The molecule has 0 bridgehead atoms. The van der Waals surface area contributed by atoms with E-state index in [2.05, 4.69) is 11.3 Å². The van der Waals surface area contributed by atoms with Crippen LogP contribution in [0.4, 0.5) is 0 Å². The van der Waals surface area contributed by atoms with Crippen molar-refractivity contribution in [2.45, 2.75) is 25.7 Å². The molecule has 1 aromatic rings. The first-order valence-corrected chi connectivity index (χ1v) is 4.40. The van der Waals surface area contributed by atoms with Crippen LogP contribution in [0.1, 0.15) is 31.4 Å². The van der Waals surface area contributed by atoms with Crippen LogP contribution in [0, 0.1) is 6.20 Å². The molecule has 65 valence electrons. The lowest BCUT2D eigenvalue weighted by molar-refractivity contribution is 0.335. The Morgan fingerprint density at radius 2 is 2.42 bits per heavy atom. The smallest absolute Gasteiger partial charge is 0.170 e. The van der Waals surface area contributed by atoms with Gasteiger partial charge in [-0.15, -0.1) is 0 Å². The second-order valence-corrected chi connectivity index (χ2v) is 3.16. The maximum atomic E-state index is 5.42. The van der Waals surface area contributed by atoms with Crippen molar-refractivity contribution in [2.24, 2.45) is 7.05 Å². The molecule has 1 heterocycles. The van der Waals surface area contributed by atoms with Crippen molar-refractivity contribution in [3.05, 3.63) is 11.9 Å². The molecule has 0 unspecified atom stereocenters. The largest absolute Gasteiger partial charge is 0.490 e. The summed E-state index contributed by atoms with van der Waals surface area (Å²) in [4.78, 5) is 0. The third-order valence-corrected chi connectivity index (χ3v) is 2.14. The van der Waals surface area contributed by atoms with E-state index in [4.69, 9.17) is 4.74 Å². The number of hydrogen-bond donors (Lipinski definition) is 0. The summed E-state index contributed by atoms with van der Waals surface area (Å²) in [6, 6.07) is 0. The van der Waals surface area contributed by atoms with Crippen LogP contribution in [0.5, 0.6) is 5.75 Å². The summed E-state index contributed by atoms with van der Waals surface area (Å²) in [5, 5.41) is 4.06. The molecule has 0 spiro atoms. The highest BCUT2D eigenvalue weighted by molar-refractivity contribution is 5.30. The van der Waals surface area contributed by atoms with E-state index in [0.29, 0.717) is 12.5 Å². The quantitative estimate of drug-likeness (QED) is 0.678. The van der Waals surface area contributed by atoms with Crippen molar-refractivity contribution >= 4 is 0 Å². The van der Waals surface area contributed by atoms with Crippen LogP contribution in [0.3, 0.4) is 0 Å². The Labute approximate surface area is 72.3 Å². The molecule has 2 rings (SSSR count). The Kier molecular flexibility index (Phi) is 1.79. The molecule has 1 aliphatic carbocycles. The number of aryl methyl sites for hydroxylation is 1. The Morgan fingerprint density at radius 1 is 1.67 bits per heavy atom. The number of ether oxygens (including phenoxy) is 1. The van der Waals surface area contributed by atoms with Gasteiger partial charge in [0, 0.05) is 13.0 Å². The lowest BCUT2D eigenvalue weighted by Crippen LogP contribution is -1.99. The van der Waals surface area contributed by atoms with Crippen LogP contribution in [0.25, 0.3) is 0 Å².